The molecule has 0 bridgehead atoms. The van der Waals surface area contributed by atoms with Crippen LogP contribution >= 0.6 is 11.3 Å². The van der Waals surface area contributed by atoms with Crippen LogP contribution in [0.2, 0.25) is 0 Å². The number of nitrogens with two attached hydrogens (primary N) is 1. The van der Waals surface area contributed by atoms with E-state index in [1.54, 1.807) is 17.5 Å². The van der Waals surface area contributed by atoms with Crippen molar-refractivity contribution >= 4 is 11.3 Å². The average Bonchev–Trinajstić information content (AvgIpc) is 2.94. The highest BCUT2D eigenvalue weighted by Crippen LogP contribution is 2.39. The van der Waals surface area contributed by atoms with Crippen molar-refractivity contribution in [3.05, 3.63) is 34.8 Å². The minimum absolute atomic E-state index is 0.218. The van der Waals surface area contributed by atoms with Crippen molar-refractivity contribution in [2.45, 2.75) is 38.1 Å². The van der Waals surface area contributed by atoms with Gasteiger partial charge in [0, 0.05) is 11.6 Å². The summed E-state index contributed by atoms with van der Waals surface area (Å²) in [6, 6.07) is 5.90. The molecule has 0 amide bonds. The maximum Gasteiger partial charge on any atom is 0.113 e. The van der Waals surface area contributed by atoms with Crippen molar-refractivity contribution in [1.29, 1.82) is 0 Å². The molecule has 0 atom stereocenters. The topological polar surface area (TPSA) is 51.8 Å². The molecule has 1 aliphatic carbocycles. The molecular weight excluding hydrogens is 254 g/mol. The summed E-state index contributed by atoms with van der Waals surface area (Å²) in [7, 11) is 0. The van der Waals surface area contributed by atoms with Crippen LogP contribution in [0.5, 0.6) is 0 Å². The molecule has 0 aromatic carbocycles. The predicted octanol–water partition coefficient (Wildman–Crippen LogP) is 3.57. The van der Waals surface area contributed by atoms with Gasteiger partial charge in [-0.3, -0.25) is 4.98 Å². The fourth-order valence-electron chi connectivity index (χ4n) is 2.63. The number of rotatable bonds is 2. The molecule has 2 N–H and O–H groups in total. The highest BCUT2D eigenvalue weighted by atomic mass is 32.1. The largest absolute Gasteiger partial charge is 0.319 e. The van der Waals surface area contributed by atoms with Crippen LogP contribution in [0.4, 0.5) is 0 Å². The Morgan fingerprint density at radius 3 is 2.74 bits per heavy atom. The van der Waals surface area contributed by atoms with E-state index in [0.717, 1.165) is 35.2 Å². The highest BCUT2D eigenvalue weighted by Gasteiger charge is 2.34. The summed E-state index contributed by atoms with van der Waals surface area (Å²) in [5, 5.41) is 3.14. The molecular formula is C15H19N3S. The second-order valence-corrected chi connectivity index (χ2v) is 6.45. The minimum Gasteiger partial charge on any atom is -0.319 e. The maximum absolute atomic E-state index is 6.56. The first-order valence-electron chi connectivity index (χ1n) is 6.84. The van der Waals surface area contributed by atoms with E-state index in [2.05, 4.69) is 17.3 Å². The van der Waals surface area contributed by atoms with Crippen LogP contribution in [0.1, 0.15) is 37.6 Å². The van der Waals surface area contributed by atoms with Gasteiger partial charge in [0.2, 0.25) is 0 Å². The maximum atomic E-state index is 6.56. The Kier molecular flexibility index (Phi) is 3.37. The zero-order chi connectivity index (χ0) is 13.3. The molecule has 2 aromatic rings. The lowest BCUT2D eigenvalue weighted by atomic mass is 9.78. The van der Waals surface area contributed by atoms with E-state index < -0.39 is 0 Å². The van der Waals surface area contributed by atoms with E-state index in [-0.39, 0.29) is 5.54 Å². The Hall–Kier alpha value is -1.26. The normalized spacial score (nSPS) is 27.4. The number of hydrogen-bond donors (Lipinski definition) is 1. The van der Waals surface area contributed by atoms with Gasteiger partial charge in [-0.15, -0.1) is 11.3 Å². The molecule has 0 saturated heterocycles. The summed E-state index contributed by atoms with van der Waals surface area (Å²) in [5.41, 5.74) is 8.22. The van der Waals surface area contributed by atoms with Crippen LogP contribution in [0.25, 0.3) is 11.4 Å². The van der Waals surface area contributed by atoms with Gasteiger partial charge in [-0.05, 0) is 43.7 Å². The van der Waals surface area contributed by atoms with Gasteiger partial charge >= 0.3 is 0 Å². The van der Waals surface area contributed by atoms with Crippen molar-refractivity contribution in [3.63, 3.8) is 0 Å². The fraction of sp³-hybridized carbons (Fsp3) is 0.467. The summed E-state index contributed by atoms with van der Waals surface area (Å²) < 4.78 is 0. The van der Waals surface area contributed by atoms with E-state index in [0.29, 0.717) is 0 Å². The van der Waals surface area contributed by atoms with Crippen molar-refractivity contribution in [1.82, 2.24) is 9.97 Å². The standard InChI is InChI=1S/C15H19N3S/c1-11-5-7-15(16,8-6-11)14-18-13(10-19-14)12-4-2-3-9-17-12/h2-4,9-11H,5-8,16H2,1H3. The van der Waals surface area contributed by atoms with E-state index in [9.17, 15) is 0 Å². The number of pyridine rings is 1. The number of thiazole rings is 1. The Balaban J connectivity index is 1.85. The molecule has 0 spiro atoms. The summed E-state index contributed by atoms with van der Waals surface area (Å²) in [4.78, 5) is 9.08. The Morgan fingerprint density at radius 1 is 1.26 bits per heavy atom. The van der Waals surface area contributed by atoms with Crippen LogP contribution in [-0.2, 0) is 5.54 Å². The van der Waals surface area contributed by atoms with Gasteiger partial charge in [0.15, 0.2) is 0 Å². The van der Waals surface area contributed by atoms with Gasteiger partial charge in [0.1, 0.15) is 5.01 Å². The number of hydrogen-bond acceptors (Lipinski definition) is 4. The Labute approximate surface area is 117 Å². The van der Waals surface area contributed by atoms with E-state index >= 15 is 0 Å². The van der Waals surface area contributed by atoms with E-state index in [1.807, 2.05) is 18.2 Å². The second kappa shape index (κ2) is 5.02. The van der Waals surface area contributed by atoms with Gasteiger partial charge in [-0.1, -0.05) is 13.0 Å². The van der Waals surface area contributed by atoms with Crippen molar-refractivity contribution in [2.24, 2.45) is 11.7 Å². The first-order valence-corrected chi connectivity index (χ1v) is 7.72. The van der Waals surface area contributed by atoms with Gasteiger partial charge in [-0.25, -0.2) is 4.98 Å². The Morgan fingerprint density at radius 2 is 2.05 bits per heavy atom. The summed E-state index contributed by atoms with van der Waals surface area (Å²) in [5.74, 6) is 0.798. The molecule has 3 rings (SSSR count). The van der Waals surface area contributed by atoms with Crippen LogP contribution in [0.3, 0.4) is 0 Å². The zero-order valence-electron chi connectivity index (χ0n) is 11.2. The van der Waals surface area contributed by atoms with Crippen molar-refractivity contribution < 1.29 is 0 Å². The molecule has 1 fully saturated rings. The Bertz CT molecular complexity index is 542. The minimum atomic E-state index is -0.218. The number of aromatic nitrogens is 2. The molecule has 2 heterocycles. The molecule has 2 aromatic heterocycles. The first kappa shape index (κ1) is 12.8. The summed E-state index contributed by atoms with van der Waals surface area (Å²) in [6.45, 7) is 2.31. The molecule has 100 valence electrons. The summed E-state index contributed by atoms with van der Waals surface area (Å²) in [6.07, 6.45) is 6.30. The molecule has 1 saturated carbocycles. The number of nitrogens with zero attached hydrogens (tertiary/aromatic N) is 2. The van der Waals surface area contributed by atoms with Crippen LogP contribution in [0.15, 0.2) is 29.8 Å². The third kappa shape index (κ3) is 2.55. The molecule has 4 heteroatoms. The van der Waals surface area contributed by atoms with E-state index in [1.165, 1.54) is 12.8 Å². The van der Waals surface area contributed by atoms with Crippen LogP contribution in [0, 0.1) is 5.92 Å². The van der Waals surface area contributed by atoms with Crippen molar-refractivity contribution in [2.75, 3.05) is 0 Å². The van der Waals surface area contributed by atoms with E-state index in [4.69, 9.17) is 10.7 Å². The SMILES string of the molecule is CC1CCC(N)(c2nc(-c3ccccn3)cs2)CC1. The molecule has 0 aliphatic heterocycles. The lowest BCUT2D eigenvalue weighted by Crippen LogP contribution is -2.40. The third-order valence-electron chi connectivity index (χ3n) is 4.02. The zero-order valence-corrected chi connectivity index (χ0v) is 12.0. The molecule has 0 radical (unpaired) electrons. The average molecular weight is 273 g/mol. The van der Waals surface area contributed by atoms with Crippen molar-refractivity contribution in [3.8, 4) is 11.4 Å². The predicted molar refractivity (Wildman–Crippen MR) is 78.8 cm³/mol. The second-order valence-electron chi connectivity index (χ2n) is 5.59. The molecule has 0 unspecified atom stereocenters. The lowest BCUT2D eigenvalue weighted by molar-refractivity contribution is 0.247. The van der Waals surface area contributed by atoms with Crippen LogP contribution in [-0.4, -0.2) is 9.97 Å². The molecule has 19 heavy (non-hydrogen) atoms. The lowest BCUT2D eigenvalue weighted by Gasteiger charge is -2.34. The van der Waals surface area contributed by atoms with Gasteiger partial charge in [0.05, 0.1) is 16.9 Å². The third-order valence-corrected chi connectivity index (χ3v) is 5.09. The first-order chi connectivity index (χ1) is 9.17. The van der Waals surface area contributed by atoms with Gasteiger partial charge < -0.3 is 5.73 Å². The fourth-order valence-corrected chi connectivity index (χ4v) is 3.61. The molecule has 3 nitrogen and oxygen atoms in total. The quantitative estimate of drug-likeness (QED) is 0.910. The monoisotopic (exact) mass is 273 g/mol. The smallest absolute Gasteiger partial charge is 0.113 e. The van der Waals surface area contributed by atoms with Gasteiger partial charge in [-0.2, -0.15) is 0 Å². The van der Waals surface area contributed by atoms with Gasteiger partial charge in [0.25, 0.3) is 0 Å². The molecule has 1 aliphatic rings. The van der Waals surface area contributed by atoms with Crippen LogP contribution < -0.4 is 5.73 Å². The highest BCUT2D eigenvalue weighted by molar-refractivity contribution is 7.10. The summed E-state index contributed by atoms with van der Waals surface area (Å²) >= 11 is 1.67.